The molecule has 0 heterocycles. The van der Waals surface area contributed by atoms with Gasteiger partial charge in [-0.1, -0.05) is 70.9 Å². The van der Waals surface area contributed by atoms with Gasteiger partial charge in [-0.3, -0.25) is 14.4 Å². The molecule has 0 bridgehead atoms. The molecule has 3 unspecified atom stereocenters. The smallest absolute Gasteiger partial charge is 0.306 e. The van der Waals surface area contributed by atoms with Crippen molar-refractivity contribution in [2.45, 2.75) is 123 Å². The highest BCUT2D eigenvalue weighted by Gasteiger charge is 2.36. The first-order valence-corrected chi connectivity index (χ1v) is 15.5. The van der Waals surface area contributed by atoms with Crippen molar-refractivity contribution in [2.24, 2.45) is 17.3 Å². The van der Waals surface area contributed by atoms with Gasteiger partial charge in [0.15, 0.2) is 0 Å². The second-order valence-electron chi connectivity index (χ2n) is 11.7. The summed E-state index contributed by atoms with van der Waals surface area (Å²) in [5.41, 5.74) is -0.0622. The van der Waals surface area contributed by atoms with Gasteiger partial charge in [-0.25, -0.2) is 0 Å². The van der Waals surface area contributed by atoms with E-state index in [1.807, 2.05) is 0 Å². The molecule has 8 heteroatoms. The molecule has 1 saturated carbocycles. The number of ether oxygens (including phenoxy) is 3. The zero-order valence-corrected chi connectivity index (χ0v) is 25.1. The molecule has 1 aliphatic carbocycles. The molecule has 1 aliphatic rings. The topological polar surface area (TPSA) is 116 Å². The number of rotatable bonds is 23. The molecule has 8 nitrogen and oxygen atoms in total. The molecule has 0 aromatic rings. The Balaban J connectivity index is 2.67. The van der Waals surface area contributed by atoms with Gasteiger partial charge in [0.2, 0.25) is 0 Å². The van der Waals surface area contributed by atoms with Crippen LogP contribution in [0.3, 0.4) is 0 Å². The zero-order chi connectivity index (χ0) is 29.6. The van der Waals surface area contributed by atoms with Crippen molar-refractivity contribution in [3.05, 3.63) is 12.2 Å². The van der Waals surface area contributed by atoms with Crippen molar-refractivity contribution in [3.8, 4) is 0 Å². The molecule has 1 N–H and O–H groups in total. The van der Waals surface area contributed by atoms with Crippen molar-refractivity contribution in [1.29, 1.82) is 0 Å². The molecule has 0 spiro atoms. The number of unbranched alkanes of at least 4 members (excludes halogenated alkanes) is 8. The Bertz CT molecular complexity index is 764. The summed E-state index contributed by atoms with van der Waals surface area (Å²) in [7, 11) is 0. The van der Waals surface area contributed by atoms with Crippen LogP contribution in [-0.2, 0) is 33.4 Å². The molecule has 0 amide bonds. The lowest BCUT2D eigenvalue weighted by Crippen LogP contribution is -2.42. The van der Waals surface area contributed by atoms with E-state index in [4.69, 9.17) is 14.2 Å². The maximum Gasteiger partial charge on any atom is 0.306 e. The summed E-state index contributed by atoms with van der Waals surface area (Å²) in [5, 5.41) is 10.3. The zero-order valence-electron chi connectivity index (χ0n) is 25.1. The highest BCUT2D eigenvalue weighted by molar-refractivity contribution is 5.70. The molecule has 1 rings (SSSR count). The first-order chi connectivity index (χ1) is 19.3. The Morgan fingerprint density at radius 2 is 1.35 bits per heavy atom. The largest absolute Gasteiger partial charge is 0.465 e. The minimum absolute atomic E-state index is 0.178. The third-order valence-corrected chi connectivity index (χ3v) is 7.74. The monoisotopic (exact) mass is 566 g/mol. The van der Waals surface area contributed by atoms with Crippen LogP contribution < -0.4 is 0 Å². The molecule has 40 heavy (non-hydrogen) atoms. The maximum atomic E-state index is 12.8. The van der Waals surface area contributed by atoms with E-state index in [9.17, 15) is 24.3 Å². The molecular formula is C32H54O8. The van der Waals surface area contributed by atoms with Crippen LogP contribution in [0.2, 0.25) is 0 Å². The van der Waals surface area contributed by atoms with E-state index in [0.29, 0.717) is 18.8 Å². The summed E-state index contributed by atoms with van der Waals surface area (Å²) in [6.45, 7) is 7.30. The Labute approximate surface area is 241 Å². The maximum absolute atomic E-state index is 12.8. The number of aldehydes is 1. The standard InChI is InChI=1S/C32H54O8/c1-4-6-7-9-12-15-29(35)38-23-32(22-34,24-39-30(36)16-13-10-8-11-14-17-33)25-40-31(37)21-28-19-26(3)18-27(5-2)20-28/h17,27-28,34H,3-16,18-25H2,1-2H3. The van der Waals surface area contributed by atoms with Gasteiger partial charge in [-0.15, -0.1) is 0 Å². The SMILES string of the molecule is C=C1CC(CC)CC(CC(=O)OCC(CO)(COC(=O)CCCCCCC)COC(=O)CCCCCCC=O)C1. The Morgan fingerprint density at radius 1 is 0.825 bits per heavy atom. The lowest BCUT2D eigenvalue weighted by molar-refractivity contribution is -0.165. The van der Waals surface area contributed by atoms with Crippen LogP contribution in [0.5, 0.6) is 0 Å². The minimum atomic E-state index is -1.23. The van der Waals surface area contributed by atoms with Crippen molar-refractivity contribution in [1.82, 2.24) is 0 Å². The average Bonchev–Trinajstić information content (AvgIpc) is 2.94. The van der Waals surface area contributed by atoms with Gasteiger partial charge in [-0.2, -0.15) is 0 Å². The van der Waals surface area contributed by atoms with E-state index < -0.39 is 18.0 Å². The van der Waals surface area contributed by atoms with Crippen LogP contribution in [0.1, 0.15) is 123 Å². The van der Waals surface area contributed by atoms with Crippen LogP contribution in [0.25, 0.3) is 0 Å². The Kier molecular flexibility index (Phi) is 19.3. The fourth-order valence-electron chi connectivity index (χ4n) is 5.13. The third-order valence-electron chi connectivity index (χ3n) is 7.74. The quantitative estimate of drug-likeness (QED) is 0.0506. The summed E-state index contributed by atoms with van der Waals surface area (Å²) in [6, 6.07) is 0. The van der Waals surface area contributed by atoms with E-state index in [1.165, 1.54) is 0 Å². The molecule has 230 valence electrons. The number of carbonyl (C=O) groups excluding carboxylic acids is 4. The van der Waals surface area contributed by atoms with Crippen molar-refractivity contribution in [3.63, 3.8) is 0 Å². The van der Waals surface area contributed by atoms with E-state index in [1.54, 1.807) is 0 Å². The number of allylic oxidation sites excluding steroid dienone is 1. The van der Waals surface area contributed by atoms with E-state index >= 15 is 0 Å². The van der Waals surface area contributed by atoms with Gasteiger partial charge in [0.05, 0.1) is 12.0 Å². The Hall–Kier alpha value is -2.22. The van der Waals surface area contributed by atoms with Crippen molar-refractivity contribution in [2.75, 3.05) is 26.4 Å². The van der Waals surface area contributed by atoms with Gasteiger partial charge >= 0.3 is 17.9 Å². The number of hydrogen-bond acceptors (Lipinski definition) is 8. The van der Waals surface area contributed by atoms with Crippen LogP contribution in [0.4, 0.5) is 0 Å². The molecule has 0 aliphatic heterocycles. The van der Waals surface area contributed by atoms with E-state index in [0.717, 1.165) is 88.9 Å². The average molecular weight is 567 g/mol. The lowest BCUT2D eigenvalue weighted by Gasteiger charge is -2.32. The predicted molar refractivity (Wildman–Crippen MR) is 154 cm³/mol. The number of hydrogen-bond donors (Lipinski definition) is 1. The molecule has 0 radical (unpaired) electrons. The van der Waals surface area contributed by atoms with Crippen molar-refractivity contribution < 1.29 is 38.5 Å². The normalized spacial score (nSPS) is 18.5. The molecule has 0 aromatic heterocycles. The fourth-order valence-corrected chi connectivity index (χ4v) is 5.13. The first-order valence-electron chi connectivity index (χ1n) is 15.5. The molecule has 0 saturated heterocycles. The summed E-state index contributed by atoms with van der Waals surface area (Å²) in [4.78, 5) is 47.9. The predicted octanol–water partition coefficient (Wildman–Crippen LogP) is 6.27. The summed E-state index contributed by atoms with van der Waals surface area (Å²) >= 11 is 0. The summed E-state index contributed by atoms with van der Waals surface area (Å²) in [6.07, 6.45) is 14.1. The van der Waals surface area contributed by atoms with Crippen LogP contribution in [-0.4, -0.2) is 55.7 Å². The van der Waals surface area contributed by atoms with Gasteiger partial charge in [0, 0.05) is 25.7 Å². The van der Waals surface area contributed by atoms with Gasteiger partial charge in [0.25, 0.3) is 0 Å². The summed E-state index contributed by atoms with van der Waals surface area (Å²) in [5.74, 6) is -0.475. The van der Waals surface area contributed by atoms with Gasteiger partial charge < -0.3 is 24.1 Å². The van der Waals surface area contributed by atoms with Crippen molar-refractivity contribution >= 4 is 24.2 Å². The van der Waals surface area contributed by atoms with E-state index in [2.05, 4.69) is 20.4 Å². The second-order valence-corrected chi connectivity index (χ2v) is 11.7. The first kappa shape index (κ1) is 35.8. The highest BCUT2D eigenvalue weighted by Crippen LogP contribution is 2.35. The molecular weight excluding hydrogens is 512 g/mol. The fraction of sp³-hybridized carbons (Fsp3) is 0.812. The van der Waals surface area contributed by atoms with Crippen LogP contribution in [0.15, 0.2) is 12.2 Å². The molecule has 1 fully saturated rings. The van der Waals surface area contributed by atoms with Gasteiger partial charge in [0.1, 0.15) is 26.1 Å². The lowest BCUT2D eigenvalue weighted by atomic mass is 9.76. The number of aliphatic hydroxyl groups excluding tert-OH is 1. The third kappa shape index (κ3) is 16.1. The van der Waals surface area contributed by atoms with Crippen LogP contribution >= 0.6 is 0 Å². The second kappa shape index (κ2) is 21.5. The number of aliphatic hydroxyl groups is 1. The molecule has 0 aromatic carbocycles. The number of esters is 3. The van der Waals surface area contributed by atoms with Gasteiger partial charge in [-0.05, 0) is 50.4 Å². The van der Waals surface area contributed by atoms with Crippen LogP contribution in [0, 0.1) is 17.3 Å². The van der Waals surface area contributed by atoms with E-state index in [-0.39, 0.29) is 56.9 Å². The molecule has 3 atom stereocenters. The number of carbonyl (C=O) groups is 4. The summed E-state index contributed by atoms with van der Waals surface area (Å²) < 4.78 is 16.5. The minimum Gasteiger partial charge on any atom is -0.465 e. The Morgan fingerprint density at radius 3 is 1.88 bits per heavy atom. The highest BCUT2D eigenvalue weighted by atomic mass is 16.6.